The van der Waals surface area contributed by atoms with Gasteiger partial charge in [0, 0.05) is 23.0 Å². The largest absolute Gasteiger partial charge is 0.449 e. The Morgan fingerprint density at radius 2 is 1.84 bits per heavy atom. The summed E-state index contributed by atoms with van der Waals surface area (Å²) in [5, 5.41) is 4.80. The highest BCUT2D eigenvalue weighted by Crippen LogP contribution is 2.38. The molecular formula is C18H27N3O4. The van der Waals surface area contributed by atoms with Crippen molar-refractivity contribution in [2.45, 2.75) is 72.1 Å². The zero-order chi connectivity index (χ0) is 18.9. The van der Waals surface area contributed by atoms with Crippen molar-refractivity contribution in [3.8, 4) is 0 Å². The number of esters is 1. The molecule has 0 unspecified atom stereocenters. The summed E-state index contributed by atoms with van der Waals surface area (Å²) in [5.41, 5.74) is 1.85. The van der Waals surface area contributed by atoms with E-state index in [1.54, 1.807) is 26.8 Å². The molecule has 7 nitrogen and oxygen atoms in total. The highest BCUT2D eigenvalue weighted by molar-refractivity contribution is 5.99. The Hall–Kier alpha value is -2.31. The molecule has 1 saturated carbocycles. The molecule has 0 bridgehead atoms. The van der Waals surface area contributed by atoms with Crippen molar-refractivity contribution in [2.24, 2.45) is 0 Å². The highest BCUT2D eigenvalue weighted by Gasteiger charge is 2.30. The van der Waals surface area contributed by atoms with Gasteiger partial charge in [-0.25, -0.2) is 9.59 Å². The quantitative estimate of drug-likeness (QED) is 0.818. The number of nitrogens with one attached hydrogen (secondary N) is 2. The topological polar surface area (TPSA) is 89.4 Å². The fourth-order valence-electron chi connectivity index (χ4n) is 2.74. The average molecular weight is 349 g/mol. The Kier molecular flexibility index (Phi) is 5.25. The van der Waals surface area contributed by atoms with Crippen molar-refractivity contribution < 1.29 is 19.1 Å². The SMILES string of the molecule is Cc1cc(C(=O)O[C@H](C)C(=O)NC(=O)NC(C)(C)C)c(C)n1C1CC1. The van der Waals surface area contributed by atoms with Crippen LogP contribution in [0.15, 0.2) is 6.07 Å². The third-order valence-electron chi connectivity index (χ3n) is 3.99. The van der Waals surface area contributed by atoms with Crippen molar-refractivity contribution in [3.63, 3.8) is 0 Å². The minimum absolute atomic E-state index is 0.461. The van der Waals surface area contributed by atoms with Crippen LogP contribution in [0.4, 0.5) is 4.79 Å². The number of imide groups is 1. The maximum absolute atomic E-state index is 12.4. The first-order valence-corrected chi connectivity index (χ1v) is 8.52. The van der Waals surface area contributed by atoms with Crippen molar-refractivity contribution in [2.75, 3.05) is 0 Å². The number of carbonyl (C=O) groups is 3. The molecule has 1 aliphatic rings. The molecule has 1 aromatic rings. The second kappa shape index (κ2) is 6.90. The van der Waals surface area contributed by atoms with E-state index >= 15 is 0 Å². The molecule has 1 aliphatic carbocycles. The lowest BCUT2D eigenvalue weighted by Gasteiger charge is -2.21. The van der Waals surface area contributed by atoms with Crippen LogP contribution in [0.1, 0.15) is 68.3 Å². The summed E-state index contributed by atoms with van der Waals surface area (Å²) < 4.78 is 7.37. The molecule has 1 aromatic heterocycles. The van der Waals surface area contributed by atoms with E-state index in [1.165, 1.54) is 6.92 Å². The number of aromatic nitrogens is 1. The molecule has 1 fully saturated rings. The fourth-order valence-corrected chi connectivity index (χ4v) is 2.74. The van der Waals surface area contributed by atoms with E-state index in [9.17, 15) is 14.4 Å². The second-order valence-electron chi connectivity index (χ2n) is 7.63. The highest BCUT2D eigenvalue weighted by atomic mass is 16.5. The van der Waals surface area contributed by atoms with E-state index in [1.807, 2.05) is 13.8 Å². The van der Waals surface area contributed by atoms with Crippen LogP contribution >= 0.6 is 0 Å². The fraction of sp³-hybridized carbons (Fsp3) is 0.611. The Bertz CT molecular complexity index is 696. The maximum atomic E-state index is 12.4. The van der Waals surface area contributed by atoms with Gasteiger partial charge >= 0.3 is 12.0 Å². The minimum atomic E-state index is -1.07. The van der Waals surface area contributed by atoms with E-state index in [4.69, 9.17) is 4.74 Å². The normalized spacial score (nSPS) is 15.4. The second-order valence-corrected chi connectivity index (χ2v) is 7.63. The van der Waals surface area contributed by atoms with Gasteiger partial charge in [-0.1, -0.05) is 0 Å². The van der Waals surface area contributed by atoms with Crippen molar-refractivity contribution in [1.29, 1.82) is 0 Å². The van der Waals surface area contributed by atoms with E-state index in [-0.39, 0.29) is 0 Å². The average Bonchev–Trinajstić information content (AvgIpc) is 3.22. The molecule has 138 valence electrons. The predicted octanol–water partition coefficient (Wildman–Crippen LogP) is 2.61. The van der Waals surface area contributed by atoms with Gasteiger partial charge in [-0.3, -0.25) is 10.1 Å². The number of hydrogen-bond donors (Lipinski definition) is 2. The first kappa shape index (κ1) is 19.0. The van der Waals surface area contributed by atoms with Gasteiger partial charge in [-0.05, 0) is 60.5 Å². The first-order chi connectivity index (χ1) is 11.5. The Labute approximate surface area is 148 Å². The molecule has 2 rings (SSSR count). The van der Waals surface area contributed by atoms with E-state index in [0.717, 1.165) is 24.2 Å². The summed E-state index contributed by atoms with van der Waals surface area (Å²) in [5.74, 6) is -1.22. The lowest BCUT2D eigenvalue weighted by Crippen LogP contribution is -2.50. The number of hydrogen-bond acceptors (Lipinski definition) is 4. The van der Waals surface area contributed by atoms with E-state index in [2.05, 4.69) is 15.2 Å². The molecule has 0 aromatic carbocycles. The number of nitrogens with zero attached hydrogens (tertiary/aromatic N) is 1. The molecule has 0 aliphatic heterocycles. The summed E-state index contributed by atoms with van der Waals surface area (Å²) in [6.45, 7) is 10.7. The number of ether oxygens (including phenoxy) is 1. The van der Waals surface area contributed by atoms with Gasteiger partial charge in [0.05, 0.1) is 5.56 Å². The van der Waals surface area contributed by atoms with Gasteiger partial charge in [0.15, 0.2) is 6.10 Å². The summed E-state index contributed by atoms with van der Waals surface area (Å²) in [7, 11) is 0. The molecular weight excluding hydrogens is 322 g/mol. The number of urea groups is 1. The van der Waals surface area contributed by atoms with E-state index in [0.29, 0.717) is 11.6 Å². The molecule has 3 amide bonds. The van der Waals surface area contributed by atoms with Crippen molar-refractivity contribution in [3.05, 3.63) is 23.0 Å². The van der Waals surface area contributed by atoms with Gasteiger partial charge in [-0.15, -0.1) is 0 Å². The number of rotatable bonds is 4. The standard InChI is InChI=1S/C18H27N3O4/c1-10-9-14(11(2)21(10)13-7-8-13)16(23)25-12(3)15(22)19-17(24)20-18(4,5)6/h9,12-13H,7-8H2,1-6H3,(H2,19,20,22,24)/t12-/m1/s1. The van der Waals surface area contributed by atoms with Crippen LogP contribution in [0.25, 0.3) is 0 Å². The first-order valence-electron chi connectivity index (χ1n) is 8.52. The molecule has 0 spiro atoms. The Morgan fingerprint density at radius 1 is 1.24 bits per heavy atom. The monoisotopic (exact) mass is 349 g/mol. The number of aryl methyl sites for hydroxylation is 1. The smallest absolute Gasteiger partial charge is 0.340 e. The summed E-state index contributed by atoms with van der Waals surface area (Å²) in [4.78, 5) is 36.1. The van der Waals surface area contributed by atoms with Crippen LogP contribution in [0.3, 0.4) is 0 Å². The molecule has 1 atom stereocenters. The summed E-state index contributed by atoms with van der Waals surface area (Å²) in [6.07, 6.45) is 1.17. The molecule has 2 N–H and O–H groups in total. The minimum Gasteiger partial charge on any atom is -0.449 e. The van der Waals surface area contributed by atoms with Gasteiger partial charge < -0.3 is 14.6 Å². The lowest BCUT2D eigenvalue weighted by molar-refractivity contribution is -0.127. The maximum Gasteiger partial charge on any atom is 0.340 e. The zero-order valence-corrected chi connectivity index (χ0v) is 15.7. The van der Waals surface area contributed by atoms with Gasteiger partial charge in [0.1, 0.15) is 0 Å². The van der Waals surface area contributed by atoms with E-state index < -0.39 is 29.6 Å². The zero-order valence-electron chi connectivity index (χ0n) is 15.7. The summed E-state index contributed by atoms with van der Waals surface area (Å²) >= 11 is 0. The van der Waals surface area contributed by atoms with Crippen LogP contribution in [0, 0.1) is 13.8 Å². The van der Waals surface area contributed by atoms with Crippen molar-refractivity contribution in [1.82, 2.24) is 15.2 Å². The molecule has 25 heavy (non-hydrogen) atoms. The number of amides is 3. The van der Waals surface area contributed by atoms with Crippen LogP contribution < -0.4 is 10.6 Å². The van der Waals surface area contributed by atoms with Gasteiger partial charge in [0.2, 0.25) is 0 Å². The van der Waals surface area contributed by atoms with Crippen LogP contribution in [-0.4, -0.2) is 34.1 Å². The lowest BCUT2D eigenvalue weighted by atomic mass is 10.1. The third kappa shape index (κ3) is 4.84. The molecule has 0 saturated heterocycles. The molecule has 0 radical (unpaired) electrons. The van der Waals surface area contributed by atoms with Gasteiger partial charge in [-0.2, -0.15) is 0 Å². The Morgan fingerprint density at radius 3 is 2.36 bits per heavy atom. The summed E-state index contributed by atoms with van der Waals surface area (Å²) in [6, 6.07) is 1.63. The van der Waals surface area contributed by atoms with Crippen LogP contribution in [0.2, 0.25) is 0 Å². The molecule has 7 heteroatoms. The van der Waals surface area contributed by atoms with Crippen molar-refractivity contribution >= 4 is 17.9 Å². The third-order valence-corrected chi connectivity index (χ3v) is 3.99. The molecule has 1 heterocycles. The predicted molar refractivity (Wildman–Crippen MR) is 93.5 cm³/mol. The van der Waals surface area contributed by atoms with Gasteiger partial charge in [0.25, 0.3) is 5.91 Å². The van der Waals surface area contributed by atoms with Crippen LogP contribution in [0.5, 0.6) is 0 Å². The number of carbonyl (C=O) groups excluding carboxylic acids is 3. The van der Waals surface area contributed by atoms with Crippen LogP contribution in [-0.2, 0) is 9.53 Å². The Balaban J connectivity index is 1.97.